The third kappa shape index (κ3) is 5.52. The highest BCUT2D eigenvalue weighted by Crippen LogP contribution is 2.32. The number of nitrogens with zero attached hydrogens (tertiary/aromatic N) is 1. The highest BCUT2D eigenvalue weighted by molar-refractivity contribution is 7.92. The largest absolute Gasteiger partial charge is 0.457 e. The summed E-state index contributed by atoms with van der Waals surface area (Å²) in [5, 5.41) is 12.3. The molecule has 1 aromatic heterocycles. The number of nitrogens with one attached hydrogen (secondary N) is 2. The monoisotopic (exact) mass is 471 g/mol. The molecule has 32 heavy (non-hydrogen) atoms. The van der Waals surface area contributed by atoms with Gasteiger partial charge in [-0.2, -0.15) is 13.2 Å². The minimum absolute atomic E-state index is 0.0145. The lowest BCUT2D eigenvalue weighted by Crippen LogP contribution is -2.16. The molecule has 7 nitrogen and oxygen atoms in total. The summed E-state index contributed by atoms with van der Waals surface area (Å²) in [4.78, 5) is 3.29. The Hall–Kier alpha value is -3.22. The Balaban J connectivity index is 1.80. The Bertz CT molecular complexity index is 1220. The summed E-state index contributed by atoms with van der Waals surface area (Å²) >= 11 is 0. The predicted molar refractivity (Wildman–Crippen MR) is 107 cm³/mol. The van der Waals surface area contributed by atoms with Crippen LogP contribution in [0.3, 0.4) is 0 Å². The van der Waals surface area contributed by atoms with Crippen molar-refractivity contribution in [1.82, 2.24) is 10.3 Å². The average molecular weight is 471 g/mol. The van der Waals surface area contributed by atoms with Gasteiger partial charge in [-0.05, 0) is 43.4 Å². The van der Waals surface area contributed by atoms with E-state index in [0.29, 0.717) is 6.07 Å². The van der Waals surface area contributed by atoms with Crippen LogP contribution in [-0.2, 0) is 16.2 Å². The van der Waals surface area contributed by atoms with Gasteiger partial charge in [0.2, 0.25) is 0 Å². The number of hydrogen-bond acceptors (Lipinski definition) is 6. The first kappa shape index (κ1) is 23.4. The lowest BCUT2D eigenvalue weighted by atomic mass is 10.2. The number of aromatic nitrogens is 1. The van der Waals surface area contributed by atoms with Crippen LogP contribution in [0.2, 0.25) is 0 Å². The van der Waals surface area contributed by atoms with Gasteiger partial charge in [-0.3, -0.25) is 15.0 Å². The molecule has 0 aliphatic carbocycles. The Kier molecular flexibility index (Phi) is 6.67. The van der Waals surface area contributed by atoms with E-state index in [1.54, 1.807) is 0 Å². The van der Waals surface area contributed by atoms with Crippen molar-refractivity contribution in [2.75, 3.05) is 11.8 Å². The molecular formula is C20H17F4N3O4S. The van der Waals surface area contributed by atoms with Gasteiger partial charge in [0.1, 0.15) is 17.7 Å². The van der Waals surface area contributed by atoms with Crippen molar-refractivity contribution in [3.63, 3.8) is 0 Å². The topological polar surface area (TPSA) is 101 Å². The molecule has 3 N–H and O–H groups in total. The Morgan fingerprint density at radius 2 is 1.78 bits per heavy atom. The number of alkyl halides is 3. The van der Waals surface area contributed by atoms with E-state index in [-0.39, 0.29) is 17.2 Å². The number of ether oxygens (including phenoxy) is 1. The molecular weight excluding hydrogens is 454 g/mol. The predicted octanol–water partition coefficient (Wildman–Crippen LogP) is 4.04. The van der Waals surface area contributed by atoms with E-state index >= 15 is 0 Å². The molecule has 0 fully saturated rings. The van der Waals surface area contributed by atoms with Crippen LogP contribution in [0.1, 0.15) is 17.5 Å². The van der Waals surface area contributed by atoms with Crippen molar-refractivity contribution in [2.45, 2.75) is 17.3 Å². The summed E-state index contributed by atoms with van der Waals surface area (Å²) in [5.41, 5.74) is -1.36. The van der Waals surface area contributed by atoms with Gasteiger partial charge in [0.25, 0.3) is 10.0 Å². The molecule has 3 aromatic rings. The van der Waals surface area contributed by atoms with Gasteiger partial charge in [0, 0.05) is 18.3 Å². The van der Waals surface area contributed by atoms with Gasteiger partial charge in [-0.1, -0.05) is 6.07 Å². The second-order valence-corrected chi connectivity index (χ2v) is 8.16. The van der Waals surface area contributed by atoms with Gasteiger partial charge in [-0.15, -0.1) is 0 Å². The number of anilines is 1. The lowest BCUT2D eigenvalue weighted by molar-refractivity contribution is -0.137. The molecule has 1 heterocycles. The first-order chi connectivity index (χ1) is 15.0. The maximum absolute atomic E-state index is 14.5. The van der Waals surface area contributed by atoms with Crippen LogP contribution < -0.4 is 14.8 Å². The van der Waals surface area contributed by atoms with E-state index in [1.165, 1.54) is 31.4 Å². The number of rotatable bonds is 7. The van der Waals surface area contributed by atoms with E-state index in [1.807, 2.05) is 4.72 Å². The van der Waals surface area contributed by atoms with Crippen molar-refractivity contribution in [3.05, 3.63) is 77.9 Å². The zero-order valence-electron chi connectivity index (χ0n) is 16.4. The minimum Gasteiger partial charge on any atom is -0.457 e. The number of sulfonamides is 1. The molecule has 0 amide bonds. The zero-order chi connectivity index (χ0) is 23.5. The van der Waals surface area contributed by atoms with Crippen LogP contribution >= 0.6 is 0 Å². The molecule has 1 atom stereocenters. The maximum atomic E-state index is 14.5. The Morgan fingerprint density at radius 3 is 2.44 bits per heavy atom. The van der Waals surface area contributed by atoms with E-state index in [0.717, 1.165) is 30.3 Å². The standard InChI is InChI=1S/C20H17F4N3O4S/c1-25-19(28)18-11-14(7-8-26-18)31-13-5-6-17(16(21)10-13)27-32(29,30)15-4-2-3-12(9-15)20(22,23)24/h2-11,19,25,27-28H,1H3. The van der Waals surface area contributed by atoms with E-state index in [9.17, 15) is 31.1 Å². The van der Waals surface area contributed by atoms with E-state index in [4.69, 9.17) is 4.74 Å². The van der Waals surface area contributed by atoms with Gasteiger partial charge < -0.3 is 9.84 Å². The lowest BCUT2D eigenvalue weighted by Gasteiger charge is -2.13. The molecule has 0 spiro atoms. The summed E-state index contributed by atoms with van der Waals surface area (Å²) in [6.07, 6.45) is -4.40. The van der Waals surface area contributed by atoms with Gasteiger partial charge in [0.15, 0.2) is 5.82 Å². The summed E-state index contributed by atoms with van der Waals surface area (Å²) in [6.45, 7) is 0. The third-order valence-electron chi connectivity index (χ3n) is 4.20. The van der Waals surface area contributed by atoms with Crippen molar-refractivity contribution >= 4 is 15.7 Å². The molecule has 0 saturated carbocycles. The first-order valence-corrected chi connectivity index (χ1v) is 10.5. The Labute approximate surface area is 180 Å². The zero-order valence-corrected chi connectivity index (χ0v) is 17.2. The van der Waals surface area contributed by atoms with Crippen molar-refractivity contribution in [2.24, 2.45) is 0 Å². The van der Waals surface area contributed by atoms with E-state index < -0.39 is 44.4 Å². The summed E-state index contributed by atoms with van der Waals surface area (Å²) in [7, 11) is -2.96. The van der Waals surface area contributed by atoms with Crippen molar-refractivity contribution < 1.29 is 35.8 Å². The second kappa shape index (κ2) is 9.10. The second-order valence-electron chi connectivity index (χ2n) is 6.48. The number of hydrogen-bond donors (Lipinski definition) is 3. The van der Waals surface area contributed by atoms with Crippen molar-refractivity contribution in [1.29, 1.82) is 0 Å². The van der Waals surface area contributed by atoms with Crippen LogP contribution in [0.25, 0.3) is 0 Å². The molecule has 12 heteroatoms. The highest BCUT2D eigenvalue weighted by Gasteiger charge is 2.31. The average Bonchev–Trinajstić information content (AvgIpc) is 2.75. The van der Waals surface area contributed by atoms with Gasteiger partial charge in [-0.25, -0.2) is 12.8 Å². The van der Waals surface area contributed by atoms with Crippen LogP contribution in [0, 0.1) is 5.82 Å². The molecule has 0 bridgehead atoms. The van der Waals surface area contributed by atoms with Crippen LogP contribution in [0.4, 0.5) is 23.2 Å². The maximum Gasteiger partial charge on any atom is 0.416 e. The molecule has 0 aliphatic rings. The molecule has 170 valence electrons. The minimum atomic E-state index is -4.73. The van der Waals surface area contributed by atoms with Crippen LogP contribution in [-0.4, -0.2) is 25.6 Å². The number of aliphatic hydroxyl groups is 1. The summed E-state index contributed by atoms with van der Waals surface area (Å²) < 4.78 is 85.3. The fourth-order valence-corrected chi connectivity index (χ4v) is 3.72. The number of halogens is 4. The molecule has 0 radical (unpaired) electrons. The van der Waals surface area contributed by atoms with Crippen LogP contribution in [0.5, 0.6) is 11.5 Å². The molecule has 0 saturated heterocycles. The normalized spacial score (nSPS) is 12.9. The summed E-state index contributed by atoms with van der Waals surface area (Å²) in [5.74, 6) is -0.760. The molecule has 1 unspecified atom stereocenters. The SMILES string of the molecule is CNC(O)c1cc(Oc2ccc(NS(=O)(=O)c3cccc(C(F)(F)F)c3)c(F)c2)ccn1. The number of benzene rings is 2. The third-order valence-corrected chi connectivity index (χ3v) is 5.56. The van der Waals surface area contributed by atoms with Gasteiger partial charge >= 0.3 is 6.18 Å². The first-order valence-electron chi connectivity index (χ1n) is 8.98. The number of aliphatic hydroxyl groups excluding tert-OH is 1. The molecule has 2 aromatic carbocycles. The quantitative estimate of drug-likeness (QED) is 0.355. The molecule has 3 rings (SSSR count). The Morgan fingerprint density at radius 1 is 1.06 bits per heavy atom. The molecule has 0 aliphatic heterocycles. The van der Waals surface area contributed by atoms with Gasteiger partial charge in [0.05, 0.1) is 21.8 Å². The van der Waals surface area contributed by atoms with E-state index in [2.05, 4.69) is 10.3 Å². The smallest absolute Gasteiger partial charge is 0.416 e. The fourth-order valence-electron chi connectivity index (χ4n) is 2.61. The van der Waals surface area contributed by atoms with Crippen molar-refractivity contribution in [3.8, 4) is 11.5 Å². The number of pyridine rings is 1. The highest BCUT2D eigenvalue weighted by atomic mass is 32.2. The summed E-state index contributed by atoms with van der Waals surface area (Å²) in [6, 6.07) is 9.22. The van der Waals surface area contributed by atoms with Crippen LogP contribution in [0.15, 0.2) is 65.7 Å². The fraction of sp³-hybridized carbons (Fsp3) is 0.150.